The average molecular weight is 435 g/mol. The number of piperazine rings is 1. The first-order chi connectivity index (χ1) is 15.0. The highest BCUT2D eigenvalue weighted by molar-refractivity contribution is 7.12. The molecular weight excluding hydrogens is 404 g/mol. The molecule has 1 saturated heterocycles. The first-order valence-electron chi connectivity index (χ1n) is 10.8. The number of amides is 1. The van der Waals surface area contributed by atoms with Gasteiger partial charge in [0.05, 0.1) is 4.88 Å². The molecule has 0 radical (unpaired) electrons. The smallest absolute Gasteiger partial charge is 0.264 e. The Morgan fingerprint density at radius 1 is 0.935 bits per heavy atom. The highest BCUT2D eigenvalue weighted by Crippen LogP contribution is 2.22. The molecule has 31 heavy (non-hydrogen) atoms. The molecule has 0 aliphatic carbocycles. The van der Waals surface area contributed by atoms with Crippen LogP contribution in [0.15, 0.2) is 53.9 Å². The largest absolute Gasteiger partial charge is 0.489 e. The van der Waals surface area contributed by atoms with Gasteiger partial charge < -0.3 is 9.64 Å². The van der Waals surface area contributed by atoms with Crippen LogP contribution in [0.5, 0.6) is 5.75 Å². The zero-order chi connectivity index (χ0) is 21.8. The van der Waals surface area contributed by atoms with Gasteiger partial charge in [-0.25, -0.2) is 0 Å². The van der Waals surface area contributed by atoms with Crippen molar-refractivity contribution in [2.24, 2.45) is 0 Å². The number of nitrogens with zero attached hydrogens (tertiary/aromatic N) is 2. The first kappa shape index (κ1) is 21.6. The summed E-state index contributed by atoms with van der Waals surface area (Å²) in [6.45, 7) is 11.1. The van der Waals surface area contributed by atoms with Crippen molar-refractivity contribution in [3.05, 3.63) is 86.6 Å². The molecular formula is C26H30N2O2S. The van der Waals surface area contributed by atoms with Gasteiger partial charge in [-0.2, -0.15) is 0 Å². The lowest BCUT2D eigenvalue weighted by molar-refractivity contribution is 0.0633. The van der Waals surface area contributed by atoms with Gasteiger partial charge in [-0.15, -0.1) is 11.3 Å². The standard InChI is InChI=1S/C26H30N2O2S/c1-19-8-9-24(14-21(19)3)30-17-22-15-25(31-18-22)26(29)28-12-10-27(11-13-28)16-23-7-5-4-6-20(23)2/h4-9,14-15,18H,10-13,16-17H2,1-3H3. The van der Waals surface area contributed by atoms with E-state index in [0.717, 1.165) is 48.9 Å². The van der Waals surface area contributed by atoms with Gasteiger partial charge in [0, 0.05) is 38.3 Å². The summed E-state index contributed by atoms with van der Waals surface area (Å²) in [5.41, 5.74) is 6.23. The first-order valence-corrected chi connectivity index (χ1v) is 11.7. The Hall–Kier alpha value is -2.63. The monoisotopic (exact) mass is 434 g/mol. The third kappa shape index (κ3) is 5.35. The van der Waals surface area contributed by atoms with Crippen molar-refractivity contribution in [1.82, 2.24) is 9.80 Å². The Labute approximate surface area is 189 Å². The van der Waals surface area contributed by atoms with E-state index in [-0.39, 0.29) is 5.91 Å². The van der Waals surface area contributed by atoms with Crippen molar-refractivity contribution in [1.29, 1.82) is 0 Å². The molecule has 0 bridgehead atoms. The summed E-state index contributed by atoms with van der Waals surface area (Å²) in [5.74, 6) is 1.00. The fourth-order valence-electron chi connectivity index (χ4n) is 3.83. The Bertz CT molecular complexity index is 1050. The van der Waals surface area contributed by atoms with E-state index in [9.17, 15) is 4.79 Å². The van der Waals surface area contributed by atoms with Crippen molar-refractivity contribution < 1.29 is 9.53 Å². The summed E-state index contributed by atoms with van der Waals surface area (Å²) < 4.78 is 5.92. The number of thiophene rings is 1. The van der Waals surface area contributed by atoms with Gasteiger partial charge in [-0.05, 0) is 66.6 Å². The molecule has 0 unspecified atom stereocenters. The SMILES string of the molecule is Cc1ccc(OCc2csc(C(=O)N3CCN(Cc4ccccc4C)CC3)c2)cc1C. The average Bonchev–Trinajstić information content (AvgIpc) is 3.25. The van der Waals surface area contributed by atoms with Gasteiger partial charge >= 0.3 is 0 Å². The number of rotatable bonds is 6. The number of benzene rings is 2. The second-order valence-electron chi connectivity index (χ2n) is 8.35. The fourth-order valence-corrected chi connectivity index (χ4v) is 4.69. The fraction of sp³-hybridized carbons (Fsp3) is 0.346. The minimum Gasteiger partial charge on any atom is -0.489 e. The molecule has 1 aliphatic heterocycles. The topological polar surface area (TPSA) is 32.8 Å². The van der Waals surface area contributed by atoms with Gasteiger partial charge in [-0.3, -0.25) is 9.69 Å². The van der Waals surface area contributed by atoms with E-state index in [1.807, 2.05) is 22.4 Å². The van der Waals surface area contributed by atoms with Crippen LogP contribution in [0.3, 0.4) is 0 Å². The van der Waals surface area contributed by atoms with Crippen molar-refractivity contribution in [2.45, 2.75) is 33.9 Å². The van der Waals surface area contributed by atoms with Crippen LogP contribution in [-0.4, -0.2) is 41.9 Å². The highest BCUT2D eigenvalue weighted by Gasteiger charge is 2.23. The predicted molar refractivity (Wildman–Crippen MR) is 127 cm³/mol. The van der Waals surface area contributed by atoms with Crippen LogP contribution in [0.2, 0.25) is 0 Å². The maximum Gasteiger partial charge on any atom is 0.264 e. The van der Waals surface area contributed by atoms with Gasteiger partial charge in [0.25, 0.3) is 5.91 Å². The second kappa shape index (κ2) is 9.67. The molecule has 4 rings (SSSR count). The molecule has 5 heteroatoms. The molecule has 0 N–H and O–H groups in total. The van der Waals surface area contributed by atoms with Crippen molar-refractivity contribution in [3.8, 4) is 5.75 Å². The summed E-state index contributed by atoms with van der Waals surface area (Å²) in [4.78, 5) is 18.2. The lowest BCUT2D eigenvalue weighted by Crippen LogP contribution is -2.48. The van der Waals surface area contributed by atoms with Crippen LogP contribution < -0.4 is 4.74 Å². The van der Waals surface area contributed by atoms with Gasteiger partial charge in [0.15, 0.2) is 0 Å². The summed E-state index contributed by atoms with van der Waals surface area (Å²) >= 11 is 1.51. The molecule has 2 aromatic carbocycles. The molecule has 1 aliphatic rings. The summed E-state index contributed by atoms with van der Waals surface area (Å²) in [5, 5.41) is 2.03. The number of carbonyl (C=O) groups is 1. The number of hydrogen-bond acceptors (Lipinski definition) is 4. The number of hydrogen-bond donors (Lipinski definition) is 0. The van der Waals surface area contributed by atoms with E-state index in [1.54, 1.807) is 0 Å². The number of aryl methyl sites for hydroxylation is 3. The predicted octanol–water partition coefficient (Wildman–Crippen LogP) is 5.21. The minimum absolute atomic E-state index is 0.137. The van der Waals surface area contributed by atoms with E-state index in [1.165, 1.54) is 33.6 Å². The molecule has 2 heterocycles. The molecule has 4 nitrogen and oxygen atoms in total. The van der Waals surface area contributed by atoms with Crippen molar-refractivity contribution >= 4 is 17.2 Å². The maximum atomic E-state index is 13.0. The van der Waals surface area contributed by atoms with Crippen LogP contribution in [0.1, 0.15) is 37.5 Å². The third-order valence-electron chi connectivity index (χ3n) is 6.06. The van der Waals surface area contributed by atoms with Crippen LogP contribution in [0, 0.1) is 20.8 Å². The molecule has 0 saturated carbocycles. The van der Waals surface area contributed by atoms with Crippen LogP contribution in [0.4, 0.5) is 0 Å². The van der Waals surface area contributed by atoms with E-state index >= 15 is 0 Å². The molecule has 0 spiro atoms. The molecule has 0 atom stereocenters. The highest BCUT2D eigenvalue weighted by atomic mass is 32.1. The van der Waals surface area contributed by atoms with E-state index in [4.69, 9.17) is 4.74 Å². The number of ether oxygens (including phenoxy) is 1. The summed E-state index contributed by atoms with van der Waals surface area (Å²) in [6, 6.07) is 16.6. The van der Waals surface area contributed by atoms with E-state index in [2.05, 4.69) is 62.1 Å². The summed E-state index contributed by atoms with van der Waals surface area (Å²) in [6.07, 6.45) is 0. The number of carbonyl (C=O) groups excluding carboxylic acids is 1. The van der Waals surface area contributed by atoms with Crippen molar-refractivity contribution in [3.63, 3.8) is 0 Å². The van der Waals surface area contributed by atoms with Crippen LogP contribution in [0.25, 0.3) is 0 Å². The Kier molecular flexibility index (Phi) is 6.73. The second-order valence-corrected chi connectivity index (χ2v) is 9.26. The molecule has 1 amide bonds. The zero-order valence-corrected chi connectivity index (χ0v) is 19.4. The van der Waals surface area contributed by atoms with E-state index < -0.39 is 0 Å². The lowest BCUT2D eigenvalue weighted by atomic mass is 10.1. The Morgan fingerprint density at radius 3 is 2.45 bits per heavy atom. The van der Waals surface area contributed by atoms with Gasteiger partial charge in [-0.1, -0.05) is 30.3 Å². The molecule has 1 fully saturated rings. The Morgan fingerprint density at radius 2 is 1.71 bits per heavy atom. The normalized spacial score (nSPS) is 14.6. The van der Waals surface area contributed by atoms with Crippen LogP contribution >= 0.6 is 11.3 Å². The third-order valence-corrected chi connectivity index (χ3v) is 7.03. The molecule has 1 aromatic heterocycles. The zero-order valence-electron chi connectivity index (χ0n) is 18.6. The van der Waals surface area contributed by atoms with Gasteiger partial charge in [0.1, 0.15) is 12.4 Å². The van der Waals surface area contributed by atoms with Crippen LogP contribution in [-0.2, 0) is 13.2 Å². The minimum atomic E-state index is 0.137. The lowest BCUT2D eigenvalue weighted by Gasteiger charge is -2.34. The summed E-state index contributed by atoms with van der Waals surface area (Å²) in [7, 11) is 0. The Balaban J connectivity index is 1.29. The maximum absolute atomic E-state index is 13.0. The van der Waals surface area contributed by atoms with E-state index in [0.29, 0.717) is 6.61 Å². The molecule has 3 aromatic rings. The van der Waals surface area contributed by atoms with Crippen molar-refractivity contribution in [2.75, 3.05) is 26.2 Å². The molecule has 162 valence electrons. The quantitative estimate of drug-likeness (QED) is 0.534. The van der Waals surface area contributed by atoms with Gasteiger partial charge in [0.2, 0.25) is 0 Å².